The molecule has 1 heterocycles. The molecule has 0 bridgehead atoms. The van der Waals surface area contributed by atoms with E-state index in [1.807, 2.05) is 0 Å². The second-order valence-corrected chi connectivity index (χ2v) is 6.01. The van der Waals surface area contributed by atoms with Gasteiger partial charge in [-0.25, -0.2) is 0 Å². The largest absolute Gasteiger partial charge is 0.381 e. The molecule has 112 valence electrons. The Morgan fingerprint density at radius 2 is 1.80 bits per heavy atom. The fourth-order valence-electron chi connectivity index (χ4n) is 3.11. The van der Waals surface area contributed by atoms with Crippen molar-refractivity contribution in [3.8, 4) is 0 Å². The Morgan fingerprint density at radius 1 is 1.05 bits per heavy atom. The lowest BCUT2D eigenvalue weighted by molar-refractivity contribution is 0.0647. The number of rotatable bonds is 8. The molecule has 1 aliphatic rings. The van der Waals surface area contributed by atoms with Crippen LogP contribution in [0.25, 0.3) is 0 Å². The minimum atomic E-state index is 0.233. The summed E-state index contributed by atoms with van der Waals surface area (Å²) >= 11 is 0. The van der Waals surface area contributed by atoms with Gasteiger partial charge in [0.1, 0.15) is 0 Å². The van der Waals surface area contributed by atoms with Crippen molar-refractivity contribution in [2.24, 2.45) is 0 Å². The summed E-state index contributed by atoms with van der Waals surface area (Å²) in [7, 11) is 0. The van der Waals surface area contributed by atoms with Gasteiger partial charge >= 0.3 is 0 Å². The standard InChI is InChI=1S/C18H29NO/c1-2-3-4-8-15-20-16-18(11-13-19-14-12-18)17-9-6-5-7-10-17/h5-7,9-10,19H,2-4,8,11-16H2,1H3. The van der Waals surface area contributed by atoms with E-state index in [2.05, 4.69) is 42.6 Å². The number of piperidine rings is 1. The fourth-order valence-corrected chi connectivity index (χ4v) is 3.11. The van der Waals surface area contributed by atoms with Gasteiger partial charge < -0.3 is 10.1 Å². The van der Waals surface area contributed by atoms with Crippen LogP contribution in [0.2, 0.25) is 0 Å². The van der Waals surface area contributed by atoms with Gasteiger partial charge in [-0.2, -0.15) is 0 Å². The van der Waals surface area contributed by atoms with E-state index in [0.717, 1.165) is 26.3 Å². The first kappa shape index (κ1) is 15.5. The Kier molecular flexibility index (Phi) is 6.55. The van der Waals surface area contributed by atoms with Gasteiger partial charge in [0.25, 0.3) is 0 Å². The third kappa shape index (κ3) is 4.32. The van der Waals surface area contributed by atoms with Gasteiger partial charge in [0.05, 0.1) is 6.61 Å². The maximum atomic E-state index is 6.05. The molecule has 0 radical (unpaired) electrons. The molecule has 0 amide bonds. The van der Waals surface area contributed by atoms with Crippen LogP contribution < -0.4 is 5.32 Å². The lowest BCUT2D eigenvalue weighted by atomic mass is 9.74. The number of unbranched alkanes of at least 4 members (excludes halogenated alkanes) is 3. The van der Waals surface area contributed by atoms with Crippen molar-refractivity contribution in [1.82, 2.24) is 5.32 Å². The first-order valence-electron chi connectivity index (χ1n) is 8.21. The van der Waals surface area contributed by atoms with Crippen LogP contribution in [0.5, 0.6) is 0 Å². The smallest absolute Gasteiger partial charge is 0.0563 e. The lowest BCUT2D eigenvalue weighted by Crippen LogP contribution is -2.43. The van der Waals surface area contributed by atoms with Crippen LogP contribution in [-0.4, -0.2) is 26.3 Å². The Labute approximate surface area is 123 Å². The zero-order valence-corrected chi connectivity index (χ0v) is 12.9. The molecule has 1 aromatic carbocycles. The molecule has 2 rings (SSSR count). The van der Waals surface area contributed by atoms with Gasteiger partial charge in [-0.05, 0) is 37.9 Å². The van der Waals surface area contributed by atoms with Crippen LogP contribution in [0.4, 0.5) is 0 Å². The third-order valence-electron chi connectivity index (χ3n) is 4.47. The van der Waals surface area contributed by atoms with E-state index in [4.69, 9.17) is 4.74 Å². The number of hydrogen-bond acceptors (Lipinski definition) is 2. The van der Waals surface area contributed by atoms with Crippen molar-refractivity contribution in [2.45, 2.75) is 50.9 Å². The summed E-state index contributed by atoms with van der Waals surface area (Å²) < 4.78 is 6.05. The molecule has 0 unspecified atom stereocenters. The van der Waals surface area contributed by atoms with E-state index in [-0.39, 0.29) is 5.41 Å². The molecule has 0 atom stereocenters. The average molecular weight is 275 g/mol. The first-order valence-corrected chi connectivity index (χ1v) is 8.21. The van der Waals surface area contributed by atoms with Crippen LogP contribution >= 0.6 is 0 Å². The van der Waals surface area contributed by atoms with Gasteiger partial charge in [0.15, 0.2) is 0 Å². The zero-order valence-electron chi connectivity index (χ0n) is 12.9. The highest BCUT2D eigenvalue weighted by molar-refractivity contribution is 5.26. The van der Waals surface area contributed by atoms with E-state index in [1.54, 1.807) is 0 Å². The van der Waals surface area contributed by atoms with Crippen molar-refractivity contribution >= 4 is 0 Å². The molecular formula is C18H29NO. The molecular weight excluding hydrogens is 246 g/mol. The average Bonchev–Trinajstić information content (AvgIpc) is 2.52. The van der Waals surface area contributed by atoms with Gasteiger partial charge in [0, 0.05) is 12.0 Å². The molecule has 2 nitrogen and oxygen atoms in total. The SMILES string of the molecule is CCCCCCOCC1(c2ccccc2)CCNCC1. The predicted octanol–water partition coefficient (Wildman–Crippen LogP) is 3.90. The maximum Gasteiger partial charge on any atom is 0.0563 e. The van der Waals surface area contributed by atoms with E-state index in [0.29, 0.717) is 0 Å². The molecule has 0 aliphatic carbocycles. The number of hydrogen-bond donors (Lipinski definition) is 1. The molecule has 1 fully saturated rings. The molecule has 20 heavy (non-hydrogen) atoms. The topological polar surface area (TPSA) is 21.3 Å². The monoisotopic (exact) mass is 275 g/mol. The molecule has 0 saturated carbocycles. The van der Waals surface area contributed by atoms with Crippen LogP contribution in [-0.2, 0) is 10.2 Å². The summed E-state index contributed by atoms with van der Waals surface area (Å²) in [5.74, 6) is 0. The predicted molar refractivity (Wildman–Crippen MR) is 85.2 cm³/mol. The third-order valence-corrected chi connectivity index (χ3v) is 4.47. The van der Waals surface area contributed by atoms with Crippen molar-refractivity contribution in [1.29, 1.82) is 0 Å². The Morgan fingerprint density at radius 3 is 2.50 bits per heavy atom. The zero-order chi connectivity index (χ0) is 14.1. The summed E-state index contributed by atoms with van der Waals surface area (Å²) in [6.45, 7) is 6.26. The quantitative estimate of drug-likeness (QED) is 0.726. The molecule has 1 aliphatic heterocycles. The molecule has 0 aromatic heterocycles. The number of ether oxygens (including phenoxy) is 1. The highest BCUT2D eigenvalue weighted by atomic mass is 16.5. The van der Waals surface area contributed by atoms with Crippen molar-refractivity contribution < 1.29 is 4.74 Å². The van der Waals surface area contributed by atoms with Gasteiger partial charge in [-0.3, -0.25) is 0 Å². The second kappa shape index (κ2) is 8.43. The van der Waals surface area contributed by atoms with Crippen molar-refractivity contribution in [2.75, 3.05) is 26.3 Å². The summed E-state index contributed by atoms with van der Waals surface area (Å²) in [4.78, 5) is 0. The minimum Gasteiger partial charge on any atom is -0.381 e. The molecule has 1 aromatic rings. The number of benzene rings is 1. The van der Waals surface area contributed by atoms with Crippen LogP contribution in [0, 0.1) is 0 Å². The van der Waals surface area contributed by atoms with E-state index in [1.165, 1.54) is 44.1 Å². The van der Waals surface area contributed by atoms with E-state index >= 15 is 0 Å². The first-order chi connectivity index (χ1) is 9.87. The molecule has 1 N–H and O–H groups in total. The van der Waals surface area contributed by atoms with E-state index in [9.17, 15) is 0 Å². The highest BCUT2D eigenvalue weighted by Crippen LogP contribution is 2.33. The van der Waals surface area contributed by atoms with Crippen LogP contribution in [0.1, 0.15) is 51.0 Å². The summed E-state index contributed by atoms with van der Waals surface area (Å²) in [5, 5.41) is 3.47. The molecule has 1 saturated heterocycles. The maximum absolute atomic E-state index is 6.05. The van der Waals surface area contributed by atoms with Crippen molar-refractivity contribution in [3.63, 3.8) is 0 Å². The second-order valence-electron chi connectivity index (χ2n) is 6.01. The summed E-state index contributed by atoms with van der Waals surface area (Å²) in [6.07, 6.45) is 7.50. The van der Waals surface area contributed by atoms with Crippen LogP contribution in [0.15, 0.2) is 30.3 Å². The lowest BCUT2D eigenvalue weighted by Gasteiger charge is -2.38. The Hall–Kier alpha value is -0.860. The van der Waals surface area contributed by atoms with Gasteiger partial charge in [-0.15, -0.1) is 0 Å². The summed E-state index contributed by atoms with van der Waals surface area (Å²) in [5.41, 5.74) is 1.69. The van der Waals surface area contributed by atoms with Crippen molar-refractivity contribution in [3.05, 3.63) is 35.9 Å². The highest BCUT2D eigenvalue weighted by Gasteiger charge is 2.33. The normalized spacial score (nSPS) is 18.1. The fraction of sp³-hybridized carbons (Fsp3) is 0.667. The van der Waals surface area contributed by atoms with Gasteiger partial charge in [-0.1, -0.05) is 56.5 Å². The molecule has 2 heteroatoms. The van der Waals surface area contributed by atoms with Crippen LogP contribution in [0.3, 0.4) is 0 Å². The molecule has 0 spiro atoms. The minimum absolute atomic E-state index is 0.233. The number of nitrogens with one attached hydrogen (secondary N) is 1. The Bertz CT molecular complexity index is 357. The summed E-state index contributed by atoms with van der Waals surface area (Å²) in [6, 6.07) is 10.9. The Balaban J connectivity index is 1.88. The van der Waals surface area contributed by atoms with E-state index < -0.39 is 0 Å². The van der Waals surface area contributed by atoms with Gasteiger partial charge in [0.2, 0.25) is 0 Å².